The van der Waals surface area contributed by atoms with E-state index in [9.17, 15) is 9.90 Å². The average Bonchev–Trinajstić information content (AvgIpc) is 3.07. The van der Waals surface area contributed by atoms with E-state index in [1.54, 1.807) is 0 Å². The highest BCUT2D eigenvalue weighted by Gasteiger charge is 2.56. The minimum Gasteiger partial charge on any atom is -0.392 e. The number of aliphatic hydroxyl groups is 1. The zero-order valence-electron chi connectivity index (χ0n) is 16.4. The summed E-state index contributed by atoms with van der Waals surface area (Å²) in [5, 5.41) is 11.1. The molecule has 3 aliphatic heterocycles. The number of nitrogens with zero attached hydrogens (tertiary/aromatic N) is 3. The lowest BCUT2D eigenvalue weighted by molar-refractivity contribution is -0.108. The Labute approximate surface area is 176 Å². The van der Waals surface area contributed by atoms with E-state index >= 15 is 0 Å². The second kappa shape index (κ2) is 7.40. The summed E-state index contributed by atoms with van der Waals surface area (Å²) in [5.74, 6) is 0.0966. The van der Waals surface area contributed by atoms with E-state index in [4.69, 9.17) is 11.6 Å². The van der Waals surface area contributed by atoms with Crippen LogP contribution in [0.25, 0.3) is 0 Å². The number of hydrogen-bond acceptors (Lipinski definition) is 4. The monoisotopic (exact) mass is 411 g/mol. The molecule has 3 fully saturated rings. The Morgan fingerprint density at radius 3 is 2.62 bits per heavy atom. The van der Waals surface area contributed by atoms with Gasteiger partial charge in [-0.2, -0.15) is 0 Å². The quantitative estimate of drug-likeness (QED) is 0.843. The first-order valence-electron chi connectivity index (χ1n) is 10.3. The van der Waals surface area contributed by atoms with E-state index < -0.39 is 0 Å². The zero-order chi connectivity index (χ0) is 20.0. The van der Waals surface area contributed by atoms with Crippen LogP contribution in [-0.2, 0) is 6.54 Å². The van der Waals surface area contributed by atoms with Crippen molar-refractivity contribution >= 4 is 17.5 Å². The van der Waals surface area contributed by atoms with E-state index in [0.29, 0.717) is 13.1 Å². The van der Waals surface area contributed by atoms with Crippen LogP contribution in [0.15, 0.2) is 54.6 Å². The fraction of sp³-hybridized carbons (Fsp3) is 0.435. The lowest BCUT2D eigenvalue weighted by Gasteiger charge is -2.61. The minimum absolute atomic E-state index is 0.0661. The molecule has 0 radical (unpaired) electrons. The van der Waals surface area contributed by atoms with Crippen LogP contribution < -0.4 is 0 Å². The van der Waals surface area contributed by atoms with E-state index in [1.165, 1.54) is 5.56 Å². The van der Waals surface area contributed by atoms with Crippen LogP contribution in [-0.4, -0.2) is 76.1 Å². The predicted molar refractivity (Wildman–Crippen MR) is 113 cm³/mol. The number of amides is 1. The van der Waals surface area contributed by atoms with Gasteiger partial charge in [0.15, 0.2) is 0 Å². The normalized spacial score (nSPS) is 26.3. The SMILES string of the molecule is O=C(c1ccccc1)N1CC2CC(O)CN2C2(CN(Cc3cccc(Cl)c3)C2)C1. The molecule has 5 nitrogen and oxygen atoms in total. The van der Waals surface area contributed by atoms with Crippen molar-refractivity contribution in [3.63, 3.8) is 0 Å². The van der Waals surface area contributed by atoms with Gasteiger partial charge in [0.1, 0.15) is 0 Å². The molecule has 2 aromatic rings. The molecule has 152 valence electrons. The van der Waals surface area contributed by atoms with Crippen molar-refractivity contribution in [2.45, 2.75) is 30.7 Å². The molecule has 1 spiro atoms. The maximum atomic E-state index is 13.1. The zero-order valence-corrected chi connectivity index (χ0v) is 17.1. The number of benzene rings is 2. The van der Waals surface area contributed by atoms with E-state index in [2.05, 4.69) is 15.9 Å². The minimum atomic E-state index is -0.300. The van der Waals surface area contributed by atoms with Gasteiger partial charge in [-0.3, -0.25) is 14.6 Å². The summed E-state index contributed by atoms with van der Waals surface area (Å²) >= 11 is 6.13. The molecule has 0 aromatic heterocycles. The smallest absolute Gasteiger partial charge is 0.253 e. The average molecular weight is 412 g/mol. The van der Waals surface area contributed by atoms with Gasteiger partial charge in [0, 0.05) is 55.9 Å². The van der Waals surface area contributed by atoms with Gasteiger partial charge in [-0.25, -0.2) is 0 Å². The molecule has 0 saturated carbocycles. The highest BCUT2D eigenvalue weighted by molar-refractivity contribution is 6.30. The van der Waals surface area contributed by atoms with Gasteiger partial charge in [0.25, 0.3) is 5.91 Å². The molecule has 3 heterocycles. The summed E-state index contributed by atoms with van der Waals surface area (Å²) in [6, 6.07) is 17.8. The Morgan fingerprint density at radius 1 is 1.07 bits per heavy atom. The highest BCUT2D eigenvalue weighted by Crippen LogP contribution is 2.39. The third-order valence-electron chi connectivity index (χ3n) is 6.56. The molecule has 3 saturated heterocycles. The molecule has 2 atom stereocenters. The lowest BCUT2D eigenvalue weighted by Crippen LogP contribution is -2.78. The Morgan fingerprint density at radius 2 is 1.86 bits per heavy atom. The van der Waals surface area contributed by atoms with Gasteiger partial charge in [-0.15, -0.1) is 0 Å². The summed E-state index contributed by atoms with van der Waals surface area (Å²) in [5.41, 5.74) is 1.88. The van der Waals surface area contributed by atoms with Crippen molar-refractivity contribution in [3.05, 3.63) is 70.7 Å². The first-order valence-corrected chi connectivity index (χ1v) is 10.7. The standard InChI is InChI=1S/C23H26ClN3O2/c24-19-8-4-5-17(9-19)11-25-14-23(15-25)16-26(12-20-10-21(28)13-27(20)23)22(29)18-6-2-1-3-7-18/h1-9,20-21,28H,10-16H2. The first-order chi connectivity index (χ1) is 14.0. The molecule has 2 unspecified atom stereocenters. The Balaban J connectivity index is 1.33. The summed E-state index contributed by atoms with van der Waals surface area (Å²) in [6.07, 6.45) is 0.444. The van der Waals surface area contributed by atoms with E-state index in [0.717, 1.165) is 43.2 Å². The topological polar surface area (TPSA) is 47.0 Å². The second-order valence-electron chi connectivity index (χ2n) is 8.75. The highest BCUT2D eigenvalue weighted by atomic mass is 35.5. The van der Waals surface area contributed by atoms with Crippen molar-refractivity contribution in [2.75, 3.05) is 32.7 Å². The number of carbonyl (C=O) groups excluding carboxylic acids is 1. The van der Waals surface area contributed by atoms with Crippen molar-refractivity contribution in [2.24, 2.45) is 0 Å². The summed E-state index contributed by atoms with van der Waals surface area (Å²) < 4.78 is 0. The van der Waals surface area contributed by atoms with Crippen LogP contribution in [0.1, 0.15) is 22.3 Å². The number of likely N-dealkylation sites (tertiary alicyclic amines) is 1. The molecule has 1 amide bonds. The van der Waals surface area contributed by atoms with Gasteiger partial charge in [-0.1, -0.05) is 41.9 Å². The molecule has 6 heteroatoms. The van der Waals surface area contributed by atoms with Gasteiger partial charge < -0.3 is 10.0 Å². The van der Waals surface area contributed by atoms with Crippen molar-refractivity contribution in [3.8, 4) is 0 Å². The number of piperazine rings is 1. The number of rotatable bonds is 3. The molecule has 0 aliphatic carbocycles. The lowest BCUT2D eigenvalue weighted by atomic mass is 9.83. The van der Waals surface area contributed by atoms with Crippen LogP contribution in [0.4, 0.5) is 0 Å². The van der Waals surface area contributed by atoms with Crippen molar-refractivity contribution in [1.82, 2.24) is 14.7 Å². The fourth-order valence-electron chi connectivity index (χ4n) is 5.40. The molecular weight excluding hydrogens is 386 g/mol. The Hall–Kier alpha value is -1.92. The second-order valence-corrected chi connectivity index (χ2v) is 9.18. The fourth-order valence-corrected chi connectivity index (χ4v) is 5.62. The van der Waals surface area contributed by atoms with Crippen molar-refractivity contribution in [1.29, 1.82) is 0 Å². The molecular formula is C23H26ClN3O2. The van der Waals surface area contributed by atoms with Gasteiger partial charge in [0.05, 0.1) is 11.6 Å². The molecule has 3 aliphatic rings. The molecule has 2 aromatic carbocycles. The summed E-state index contributed by atoms with van der Waals surface area (Å²) in [6.45, 7) is 4.79. The number of β-amino-alcohol motifs (C(OH)–C–C–N with tert-alkyl or cyclic N) is 1. The predicted octanol–water partition coefficient (Wildman–Crippen LogP) is 2.49. The summed E-state index contributed by atoms with van der Waals surface area (Å²) in [7, 11) is 0. The number of aliphatic hydroxyl groups excluding tert-OH is 1. The van der Waals surface area contributed by atoms with Crippen molar-refractivity contribution < 1.29 is 9.90 Å². The van der Waals surface area contributed by atoms with Crippen LogP contribution in [0.2, 0.25) is 5.02 Å². The number of halogens is 1. The molecule has 0 bridgehead atoms. The number of fused-ring (bicyclic) bond motifs is 2. The van der Waals surface area contributed by atoms with Gasteiger partial charge in [0.2, 0.25) is 0 Å². The third-order valence-corrected chi connectivity index (χ3v) is 6.79. The first kappa shape index (κ1) is 19.1. The van der Waals surface area contributed by atoms with Crippen LogP contribution in [0.3, 0.4) is 0 Å². The maximum Gasteiger partial charge on any atom is 0.253 e. The molecule has 5 rings (SSSR count). The Bertz CT molecular complexity index is 900. The van der Waals surface area contributed by atoms with Gasteiger partial charge in [-0.05, 0) is 36.2 Å². The Kier molecular flexibility index (Phi) is 4.87. The maximum absolute atomic E-state index is 13.1. The van der Waals surface area contributed by atoms with Crippen LogP contribution in [0.5, 0.6) is 0 Å². The number of carbonyl (C=O) groups is 1. The van der Waals surface area contributed by atoms with Crippen LogP contribution >= 0.6 is 11.6 Å². The van der Waals surface area contributed by atoms with Gasteiger partial charge >= 0.3 is 0 Å². The number of hydrogen-bond donors (Lipinski definition) is 1. The largest absolute Gasteiger partial charge is 0.392 e. The molecule has 29 heavy (non-hydrogen) atoms. The van der Waals surface area contributed by atoms with E-state index in [1.807, 2.05) is 53.4 Å². The summed E-state index contributed by atoms with van der Waals surface area (Å²) in [4.78, 5) is 20.0. The third kappa shape index (κ3) is 3.57. The molecule has 1 N–H and O–H groups in total. The van der Waals surface area contributed by atoms with E-state index in [-0.39, 0.29) is 23.6 Å². The van der Waals surface area contributed by atoms with Crippen LogP contribution in [0, 0.1) is 0 Å².